The van der Waals surface area contributed by atoms with Gasteiger partial charge in [-0.2, -0.15) is 0 Å². The second-order valence-corrected chi connectivity index (χ2v) is 8.50. The molecule has 1 aliphatic rings. The van der Waals surface area contributed by atoms with Crippen LogP contribution >= 0.6 is 0 Å². The molecule has 0 amide bonds. The Morgan fingerprint density at radius 1 is 1.12 bits per heavy atom. The molecule has 0 radical (unpaired) electrons. The summed E-state index contributed by atoms with van der Waals surface area (Å²) in [7, 11) is -3.67. The van der Waals surface area contributed by atoms with Gasteiger partial charge >= 0.3 is 0 Å². The zero-order valence-electron chi connectivity index (χ0n) is 14.0. The average Bonchev–Trinajstić information content (AvgIpc) is 2.59. The van der Waals surface area contributed by atoms with Crippen LogP contribution in [0.25, 0.3) is 0 Å². The molecule has 0 aromatic heterocycles. The monoisotopic (exact) mass is 346 g/mol. The maximum Gasteiger partial charge on any atom is 0.206 e. The Labute approximate surface area is 143 Å². The molecule has 2 aromatic carbocycles. The summed E-state index contributed by atoms with van der Waals surface area (Å²) in [6, 6.07) is 10.7. The summed E-state index contributed by atoms with van der Waals surface area (Å²) in [4.78, 5) is 0.281. The fraction of sp³-hybridized carbons (Fsp3) is 0.400. The number of benzene rings is 2. The smallest absolute Gasteiger partial charge is 0.206 e. The molecule has 1 aliphatic carbocycles. The fourth-order valence-electron chi connectivity index (χ4n) is 3.58. The third kappa shape index (κ3) is 3.39. The molecule has 0 saturated carbocycles. The minimum atomic E-state index is -3.67. The Bertz CT molecular complexity index is 827. The van der Waals surface area contributed by atoms with Gasteiger partial charge in [-0.05, 0) is 73.1 Å². The number of hydrogen-bond donors (Lipinski definition) is 0. The zero-order valence-corrected chi connectivity index (χ0v) is 14.8. The summed E-state index contributed by atoms with van der Waals surface area (Å²) in [5.41, 5.74) is 2.44. The van der Waals surface area contributed by atoms with Gasteiger partial charge in [0.05, 0.1) is 9.79 Å². The standard InChI is InChI=1S/C20H23FO2S/c1-2-3-6-15-7-4-8-16-13-19(11-12-20(15)16)24(22,23)18-10-5-9-17(21)14-18/h5,9-15H,2-4,6-8H2,1H3. The van der Waals surface area contributed by atoms with Gasteiger partial charge in [0.25, 0.3) is 0 Å². The number of unbranched alkanes of at least 4 members (excludes halogenated alkanes) is 1. The summed E-state index contributed by atoms with van der Waals surface area (Å²) in [6.07, 6.45) is 6.75. The Balaban J connectivity index is 1.96. The number of hydrogen-bond acceptors (Lipinski definition) is 2. The van der Waals surface area contributed by atoms with Crippen molar-refractivity contribution in [2.24, 2.45) is 0 Å². The highest BCUT2D eigenvalue weighted by Crippen LogP contribution is 2.36. The van der Waals surface area contributed by atoms with Crippen LogP contribution < -0.4 is 0 Å². The van der Waals surface area contributed by atoms with E-state index >= 15 is 0 Å². The third-order valence-electron chi connectivity index (χ3n) is 4.88. The van der Waals surface area contributed by atoms with Crippen LogP contribution in [-0.4, -0.2) is 8.42 Å². The van der Waals surface area contributed by atoms with Crippen molar-refractivity contribution >= 4 is 9.84 Å². The molecule has 1 atom stereocenters. The lowest BCUT2D eigenvalue weighted by Gasteiger charge is -2.26. The molecule has 2 aromatic rings. The van der Waals surface area contributed by atoms with Crippen molar-refractivity contribution in [1.29, 1.82) is 0 Å². The first-order valence-corrected chi connectivity index (χ1v) is 10.1. The fourth-order valence-corrected chi connectivity index (χ4v) is 4.92. The van der Waals surface area contributed by atoms with Gasteiger partial charge in [0.1, 0.15) is 5.82 Å². The van der Waals surface area contributed by atoms with Gasteiger partial charge in [-0.3, -0.25) is 0 Å². The first kappa shape index (κ1) is 17.2. The molecule has 0 saturated heterocycles. The first-order valence-electron chi connectivity index (χ1n) is 8.66. The van der Waals surface area contributed by atoms with Crippen LogP contribution in [0.15, 0.2) is 52.3 Å². The number of aryl methyl sites for hydroxylation is 1. The van der Waals surface area contributed by atoms with Crippen LogP contribution in [0.2, 0.25) is 0 Å². The quantitative estimate of drug-likeness (QED) is 0.739. The molecule has 24 heavy (non-hydrogen) atoms. The molecule has 4 heteroatoms. The van der Waals surface area contributed by atoms with E-state index in [9.17, 15) is 12.8 Å². The number of rotatable bonds is 5. The molecule has 0 N–H and O–H groups in total. The lowest BCUT2D eigenvalue weighted by Crippen LogP contribution is -2.12. The first-order chi connectivity index (χ1) is 11.5. The zero-order chi connectivity index (χ0) is 17.2. The normalized spacial score (nSPS) is 17.5. The minimum absolute atomic E-state index is 0.0146. The highest BCUT2D eigenvalue weighted by Gasteiger charge is 2.24. The van der Waals surface area contributed by atoms with Crippen molar-refractivity contribution in [2.75, 3.05) is 0 Å². The second kappa shape index (κ2) is 7.06. The molecule has 0 fully saturated rings. The lowest BCUT2D eigenvalue weighted by atomic mass is 9.80. The molecule has 3 rings (SSSR count). The van der Waals surface area contributed by atoms with Gasteiger partial charge in [-0.1, -0.05) is 31.9 Å². The number of sulfone groups is 1. The van der Waals surface area contributed by atoms with E-state index in [1.807, 2.05) is 6.07 Å². The molecule has 0 heterocycles. The predicted octanol–water partition coefficient (Wildman–Crippen LogP) is 5.27. The topological polar surface area (TPSA) is 34.1 Å². The molecular weight excluding hydrogens is 323 g/mol. The molecule has 0 spiro atoms. The third-order valence-corrected chi connectivity index (χ3v) is 6.62. The van der Waals surface area contributed by atoms with Crippen LogP contribution in [0.1, 0.15) is 56.1 Å². The average molecular weight is 346 g/mol. The van der Waals surface area contributed by atoms with E-state index in [1.54, 1.807) is 12.1 Å². The Hall–Kier alpha value is -1.68. The van der Waals surface area contributed by atoms with E-state index < -0.39 is 15.7 Å². The van der Waals surface area contributed by atoms with Crippen molar-refractivity contribution < 1.29 is 12.8 Å². The number of fused-ring (bicyclic) bond motifs is 1. The Morgan fingerprint density at radius 3 is 2.67 bits per heavy atom. The molecule has 0 aliphatic heterocycles. The van der Waals surface area contributed by atoms with E-state index in [1.165, 1.54) is 49.4 Å². The van der Waals surface area contributed by atoms with Gasteiger partial charge < -0.3 is 0 Å². The van der Waals surface area contributed by atoms with E-state index in [0.717, 1.165) is 24.5 Å². The summed E-state index contributed by atoms with van der Waals surface area (Å²) < 4.78 is 38.9. The molecule has 128 valence electrons. The molecule has 1 unspecified atom stereocenters. The predicted molar refractivity (Wildman–Crippen MR) is 93.5 cm³/mol. The van der Waals surface area contributed by atoms with Gasteiger partial charge in [0, 0.05) is 0 Å². The van der Waals surface area contributed by atoms with E-state index in [2.05, 4.69) is 6.92 Å². The summed E-state index contributed by atoms with van der Waals surface area (Å²) in [5.74, 6) is 0.00767. The molecular formula is C20H23FO2S. The van der Waals surface area contributed by atoms with E-state index in [0.29, 0.717) is 5.92 Å². The van der Waals surface area contributed by atoms with Crippen LogP contribution in [0.5, 0.6) is 0 Å². The van der Waals surface area contributed by atoms with Gasteiger partial charge in [0.2, 0.25) is 9.84 Å². The molecule has 0 bridgehead atoms. The minimum Gasteiger partial charge on any atom is -0.219 e. The summed E-state index contributed by atoms with van der Waals surface area (Å²) >= 11 is 0. The highest BCUT2D eigenvalue weighted by atomic mass is 32.2. The maximum absolute atomic E-state index is 13.4. The SMILES string of the molecule is CCCCC1CCCc2cc(S(=O)(=O)c3cccc(F)c3)ccc21. The van der Waals surface area contributed by atoms with Gasteiger partial charge in [0.15, 0.2) is 0 Å². The van der Waals surface area contributed by atoms with Crippen molar-refractivity contribution in [2.45, 2.75) is 61.2 Å². The van der Waals surface area contributed by atoms with E-state index in [-0.39, 0.29) is 9.79 Å². The lowest BCUT2D eigenvalue weighted by molar-refractivity contribution is 0.500. The van der Waals surface area contributed by atoms with Crippen LogP contribution in [0.3, 0.4) is 0 Å². The largest absolute Gasteiger partial charge is 0.219 e. The molecule has 2 nitrogen and oxygen atoms in total. The van der Waals surface area contributed by atoms with Crippen molar-refractivity contribution in [3.63, 3.8) is 0 Å². The maximum atomic E-state index is 13.4. The Morgan fingerprint density at radius 2 is 1.92 bits per heavy atom. The van der Waals surface area contributed by atoms with Crippen LogP contribution in [0.4, 0.5) is 4.39 Å². The summed E-state index contributed by atoms with van der Waals surface area (Å²) in [6.45, 7) is 2.19. The van der Waals surface area contributed by atoms with Gasteiger partial charge in [-0.15, -0.1) is 0 Å². The van der Waals surface area contributed by atoms with Crippen LogP contribution in [-0.2, 0) is 16.3 Å². The second-order valence-electron chi connectivity index (χ2n) is 6.55. The van der Waals surface area contributed by atoms with Crippen LogP contribution in [0, 0.1) is 5.82 Å². The number of halogens is 1. The summed E-state index contributed by atoms with van der Waals surface area (Å²) in [5, 5.41) is 0. The van der Waals surface area contributed by atoms with Crippen molar-refractivity contribution in [3.8, 4) is 0 Å². The van der Waals surface area contributed by atoms with Crippen molar-refractivity contribution in [3.05, 3.63) is 59.4 Å². The van der Waals surface area contributed by atoms with E-state index in [4.69, 9.17) is 0 Å². The van der Waals surface area contributed by atoms with Crippen molar-refractivity contribution in [1.82, 2.24) is 0 Å². The highest BCUT2D eigenvalue weighted by molar-refractivity contribution is 7.91. The van der Waals surface area contributed by atoms with Gasteiger partial charge in [-0.25, -0.2) is 12.8 Å². The Kier molecular flexibility index (Phi) is 5.04.